The maximum Gasteiger partial charge on any atom is 0.150 e. The molecule has 0 unspecified atom stereocenters. The normalized spacial score (nSPS) is 10.1. The van der Waals surface area contributed by atoms with Gasteiger partial charge in [0, 0.05) is 10.6 Å². The molecule has 0 N–H and O–H groups in total. The van der Waals surface area contributed by atoms with Crippen molar-refractivity contribution in [1.29, 1.82) is 0 Å². The Kier molecular flexibility index (Phi) is 3.37. The van der Waals surface area contributed by atoms with Gasteiger partial charge >= 0.3 is 0 Å². The van der Waals surface area contributed by atoms with Crippen molar-refractivity contribution in [3.8, 4) is 0 Å². The average Bonchev–Trinajstić information content (AvgIpc) is 2.30. The van der Waals surface area contributed by atoms with Gasteiger partial charge in [-0.3, -0.25) is 4.79 Å². The highest BCUT2D eigenvalue weighted by Crippen LogP contribution is 2.16. The SMILES string of the molecule is O=Cc1ccccc1Cc1cccc(Cl)c1. The maximum absolute atomic E-state index is 10.9. The summed E-state index contributed by atoms with van der Waals surface area (Å²) >= 11 is 5.92. The summed E-state index contributed by atoms with van der Waals surface area (Å²) in [4.78, 5) is 10.9. The molecule has 0 atom stereocenters. The van der Waals surface area contributed by atoms with Crippen LogP contribution in [0.3, 0.4) is 0 Å². The van der Waals surface area contributed by atoms with Gasteiger partial charge in [0.2, 0.25) is 0 Å². The van der Waals surface area contributed by atoms with E-state index in [1.165, 1.54) is 0 Å². The van der Waals surface area contributed by atoms with Gasteiger partial charge in [-0.05, 0) is 29.7 Å². The molecular formula is C14H11ClO. The van der Waals surface area contributed by atoms with Crippen LogP contribution in [-0.2, 0) is 6.42 Å². The summed E-state index contributed by atoms with van der Waals surface area (Å²) in [6.45, 7) is 0. The van der Waals surface area contributed by atoms with Gasteiger partial charge in [0.25, 0.3) is 0 Å². The summed E-state index contributed by atoms with van der Waals surface area (Å²) in [7, 11) is 0. The van der Waals surface area contributed by atoms with Crippen molar-refractivity contribution in [3.05, 3.63) is 70.2 Å². The van der Waals surface area contributed by atoms with Crippen molar-refractivity contribution < 1.29 is 4.79 Å². The molecule has 0 bridgehead atoms. The average molecular weight is 231 g/mol. The first-order chi connectivity index (χ1) is 7.79. The lowest BCUT2D eigenvalue weighted by atomic mass is 10.0. The molecule has 0 amide bonds. The van der Waals surface area contributed by atoms with Crippen LogP contribution in [0.15, 0.2) is 48.5 Å². The molecule has 16 heavy (non-hydrogen) atoms. The van der Waals surface area contributed by atoms with Gasteiger partial charge in [0.15, 0.2) is 0 Å². The van der Waals surface area contributed by atoms with Gasteiger partial charge in [0.05, 0.1) is 0 Å². The molecule has 0 saturated heterocycles. The van der Waals surface area contributed by atoms with E-state index in [1.54, 1.807) is 0 Å². The smallest absolute Gasteiger partial charge is 0.150 e. The lowest BCUT2D eigenvalue weighted by Crippen LogP contribution is -1.93. The highest BCUT2D eigenvalue weighted by Gasteiger charge is 2.02. The molecule has 0 radical (unpaired) electrons. The second-order valence-electron chi connectivity index (χ2n) is 3.62. The van der Waals surface area contributed by atoms with Crippen molar-refractivity contribution in [3.63, 3.8) is 0 Å². The molecule has 0 heterocycles. The lowest BCUT2D eigenvalue weighted by Gasteiger charge is -2.04. The fourth-order valence-corrected chi connectivity index (χ4v) is 1.89. The van der Waals surface area contributed by atoms with Crippen molar-refractivity contribution in [2.45, 2.75) is 6.42 Å². The number of carbonyl (C=O) groups excluding carboxylic acids is 1. The molecule has 2 aromatic rings. The molecule has 2 rings (SSSR count). The number of carbonyl (C=O) groups is 1. The van der Waals surface area contributed by atoms with Crippen LogP contribution in [0.1, 0.15) is 21.5 Å². The topological polar surface area (TPSA) is 17.1 Å². The second-order valence-corrected chi connectivity index (χ2v) is 4.06. The monoisotopic (exact) mass is 230 g/mol. The van der Waals surface area contributed by atoms with Gasteiger partial charge in [-0.15, -0.1) is 0 Å². The second kappa shape index (κ2) is 4.95. The minimum absolute atomic E-state index is 0.723. The third-order valence-electron chi connectivity index (χ3n) is 2.47. The Morgan fingerprint density at radius 1 is 1.06 bits per heavy atom. The summed E-state index contributed by atoms with van der Waals surface area (Å²) < 4.78 is 0. The molecule has 0 spiro atoms. The molecule has 1 nitrogen and oxygen atoms in total. The van der Waals surface area contributed by atoms with E-state index < -0.39 is 0 Å². The Morgan fingerprint density at radius 2 is 1.88 bits per heavy atom. The zero-order chi connectivity index (χ0) is 11.4. The first-order valence-electron chi connectivity index (χ1n) is 5.07. The van der Waals surface area contributed by atoms with Crippen LogP contribution in [-0.4, -0.2) is 6.29 Å². The number of halogens is 1. The van der Waals surface area contributed by atoms with Crippen LogP contribution in [0.5, 0.6) is 0 Å². The van der Waals surface area contributed by atoms with Crippen LogP contribution in [0.2, 0.25) is 5.02 Å². The Bertz CT molecular complexity index is 506. The standard InChI is InChI=1S/C14H11ClO/c15-14-7-3-4-11(9-14)8-12-5-1-2-6-13(12)10-16/h1-7,9-10H,8H2. The molecule has 0 aromatic heterocycles. The third-order valence-corrected chi connectivity index (χ3v) is 2.70. The van der Waals surface area contributed by atoms with E-state index in [9.17, 15) is 4.79 Å². The number of rotatable bonds is 3. The predicted molar refractivity (Wildman–Crippen MR) is 66.1 cm³/mol. The van der Waals surface area contributed by atoms with E-state index in [0.29, 0.717) is 0 Å². The summed E-state index contributed by atoms with van der Waals surface area (Å²) in [6.07, 6.45) is 1.62. The molecule has 0 saturated carbocycles. The van der Waals surface area contributed by atoms with Crippen molar-refractivity contribution in [2.75, 3.05) is 0 Å². The van der Waals surface area contributed by atoms with E-state index in [4.69, 9.17) is 11.6 Å². The number of hydrogen-bond acceptors (Lipinski definition) is 1. The Morgan fingerprint density at radius 3 is 2.62 bits per heavy atom. The molecule has 80 valence electrons. The molecule has 0 aliphatic carbocycles. The van der Waals surface area contributed by atoms with Gasteiger partial charge < -0.3 is 0 Å². The molecule has 2 aromatic carbocycles. The van der Waals surface area contributed by atoms with Crippen LogP contribution in [0, 0.1) is 0 Å². The quantitative estimate of drug-likeness (QED) is 0.734. The fraction of sp³-hybridized carbons (Fsp3) is 0.0714. The minimum atomic E-state index is 0.723. The largest absolute Gasteiger partial charge is 0.298 e. The van der Waals surface area contributed by atoms with E-state index in [0.717, 1.165) is 34.4 Å². The van der Waals surface area contributed by atoms with Crippen molar-refractivity contribution in [1.82, 2.24) is 0 Å². The van der Waals surface area contributed by atoms with Crippen LogP contribution < -0.4 is 0 Å². The Hall–Kier alpha value is -1.60. The van der Waals surface area contributed by atoms with Crippen molar-refractivity contribution >= 4 is 17.9 Å². The number of aldehydes is 1. The van der Waals surface area contributed by atoms with Crippen LogP contribution >= 0.6 is 11.6 Å². The van der Waals surface area contributed by atoms with E-state index in [2.05, 4.69) is 0 Å². The molecule has 2 heteroatoms. The Balaban J connectivity index is 2.30. The first-order valence-corrected chi connectivity index (χ1v) is 5.45. The zero-order valence-corrected chi connectivity index (χ0v) is 9.45. The first kappa shape index (κ1) is 10.9. The lowest BCUT2D eigenvalue weighted by molar-refractivity contribution is 0.112. The summed E-state index contributed by atoms with van der Waals surface area (Å²) in [5, 5.41) is 0.723. The highest BCUT2D eigenvalue weighted by molar-refractivity contribution is 6.30. The molecule has 0 aliphatic heterocycles. The Labute approximate surface area is 99.7 Å². The zero-order valence-electron chi connectivity index (χ0n) is 8.69. The summed E-state index contributed by atoms with van der Waals surface area (Å²) in [5.41, 5.74) is 2.88. The van der Waals surface area contributed by atoms with Gasteiger partial charge in [0.1, 0.15) is 6.29 Å². The fourth-order valence-electron chi connectivity index (χ4n) is 1.68. The molecular weight excluding hydrogens is 220 g/mol. The van der Waals surface area contributed by atoms with Gasteiger partial charge in [-0.1, -0.05) is 48.0 Å². The predicted octanol–water partition coefficient (Wildman–Crippen LogP) is 3.74. The summed E-state index contributed by atoms with van der Waals surface area (Å²) in [6, 6.07) is 15.3. The van der Waals surface area contributed by atoms with Gasteiger partial charge in [-0.25, -0.2) is 0 Å². The van der Waals surface area contributed by atoms with Crippen LogP contribution in [0.4, 0.5) is 0 Å². The highest BCUT2D eigenvalue weighted by atomic mass is 35.5. The third kappa shape index (κ3) is 2.50. The van der Waals surface area contributed by atoms with E-state index in [-0.39, 0.29) is 0 Å². The van der Waals surface area contributed by atoms with E-state index in [1.807, 2.05) is 48.5 Å². The molecule has 0 fully saturated rings. The number of benzene rings is 2. The summed E-state index contributed by atoms with van der Waals surface area (Å²) in [5.74, 6) is 0. The minimum Gasteiger partial charge on any atom is -0.298 e. The van der Waals surface area contributed by atoms with Crippen molar-refractivity contribution in [2.24, 2.45) is 0 Å². The molecule has 0 aliphatic rings. The van der Waals surface area contributed by atoms with Crippen LogP contribution in [0.25, 0.3) is 0 Å². The van der Waals surface area contributed by atoms with E-state index >= 15 is 0 Å². The number of hydrogen-bond donors (Lipinski definition) is 0. The van der Waals surface area contributed by atoms with Gasteiger partial charge in [-0.2, -0.15) is 0 Å². The maximum atomic E-state index is 10.9.